The molecule has 0 unspecified atom stereocenters. The number of nitrogen functional groups attached to an aromatic ring is 1. The predicted octanol–water partition coefficient (Wildman–Crippen LogP) is 4.32. The Hall–Kier alpha value is -4.81. The van der Waals surface area contributed by atoms with Gasteiger partial charge in [0, 0.05) is 96.1 Å². The van der Waals surface area contributed by atoms with Gasteiger partial charge in [-0.3, -0.25) is 24.2 Å². The summed E-state index contributed by atoms with van der Waals surface area (Å²) in [6, 6.07) is 9.59. The van der Waals surface area contributed by atoms with E-state index in [0.717, 1.165) is 36.8 Å². The Kier molecular flexibility index (Phi) is 14.1. The maximum absolute atomic E-state index is 14.2. The molecule has 4 fully saturated rings. The number of likely N-dealkylation sites (tertiary alicyclic amines) is 3. The largest absolute Gasteiger partial charge is 0.463 e. The average molecular weight is 875 g/mol. The second-order valence-electron chi connectivity index (χ2n) is 16.4. The second kappa shape index (κ2) is 19.5. The molecule has 0 bridgehead atoms. The third kappa shape index (κ3) is 11.0. The Bertz CT molecular complexity index is 1930. The first kappa shape index (κ1) is 44.3. The molecule has 5 aliphatic heterocycles. The minimum absolute atomic E-state index is 0.0443. The summed E-state index contributed by atoms with van der Waals surface area (Å²) in [4.78, 5) is 76.3. The zero-order valence-corrected chi connectivity index (χ0v) is 34.9. The highest BCUT2D eigenvalue weighted by Crippen LogP contribution is 2.38. The number of esters is 1. The van der Waals surface area contributed by atoms with E-state index < -0.39 is 35.5 Å². The van der Waals surface area contributed by atoms with Crippen LogP contribution in [0.3, 0.4) is 0 Å². The fourth-order valence-corrected chi connectivity index (χ4v) is 9.34. The molecule has 5 heterocycles. The Morgan fingerprint density at radius 1 is 0.869 bits per heavy atom. The van der Waals surface area contributed by atoms with Crippen LogP contribution in [-0.2, 0) is 42.9 Å². The Morgan fingerprint density at radius 2 is 1.56 bits per heavy atom. The van der Waals surface area contributed by atoms with Crippen molar-refractivity contribution < 1.29 is 46.6 Å². The number of ether oxygens (including phenoxy) is 2. The van der Waals surface area contributed by atoms with Gasteiger partial charge in [0.2, 0.25) is 5.91 Å². The molecule has 5 amide bonds. The van der Waals surface area contributed by atoms with E-state index >= 15 is 0 Å². The number of benzene rings is 2. The number of anilines is 2. The molecule has 2 aromatic rings. The first-order chi connectivity index (χ1) is 29.2. The molecule has 0 spiro atoms. The van der Waals surface area contributed by atoms with Crippen LogP contribution in [0, 0.1) is 0 Å². The number of piperazine rings is 1. The SMILES string of the molecule is Nc1c(Cl)cc(C[C@@H](OC(=O)N2CCC(N3CCc4ccccc4NC3=O)CC2)C(=O)N2CCC(N3CCN(CC(=O)OCCN4CCCC4=O)CC3)CC2)cc1C(F)(F)F. The summed E-state index contributed by atoms with van der Waals surface area (Å²) in [7, 11) is 0. The molecule has 0 aromatic heterocycles. The molecule has 7 rings (SSSR count). The van der Waals surface area contributed by atoms with E-state index in [1.807, 2.05) is 29.2 Å². The van der Waals surface area contributed by atoms with Crippen molar-refractivity contribution in [3.05, 3.63) is 58.1 Å². The molecular formula is C42H54ClF3N8O7. The number of rotatable bonds is 11. The lowest BCUT2D eigenvalue weighted by Crippen LogP contribution is -2.55. The highest BCUT2D eigenvalue weighted by Gasteiger charge is 2.39. The van der Waals surface area contributed by atoms with Crippen LogP contribution in [0.25, 0.3) is 0 Å². The van der Waals surface area contributed by atoms with Crippen LogP contribution in [0.4, 0.5) is 34.1 Å². The van der Waals surface area contributed by atoms with E-state index in [2.05, 4.69) is 10.2 Å². The van der Waals surface area contributed by atoms with Crippen LogP contribution in [0.1, 0.15) is 55.2 Å². The number of hydrogen-bond donors (Lipinski definition) is 2. The van der Waals surface area contributed by atoms with E-state index in [1.165, 1.54) is 11.0 Å². The summed E-state index contributed by atoms with van der Waals surface area (Å²) in [5.41, 5.74) is 5.79. The molecule has 19 heteroatoms. The third-order valence-electron chi connectivity index (χ3n) is 12.6. The Morgan fingerprint density at radius 3 is 2.25 bits per heavy atom. The first-order valence-electron chi connectivity index (χ1n) is 21.2. The number of fused-ring (bicyclic) bond motifs is 1. The van der Waals surface area contributed by atoms with Gasteiger partial charge in [-0.15, -0.1) is 0 Å². The molecule has 15 nitrogen and oxygen atoms in total. The first-order valence-corrected chi connectivity index (χ1v) is 21.6. The number of urea groups is 1. The predicted molar refractivity (Wildman–Crippen MR) is 220 cm³/mol. The van der Waals surface area contributed by atoms with Crippen LogP contribution in [0.5, 0.6) is 0 Å². The monoisotopic (exact) mass is 874 g/mol. The van der Waals surface area contributed by atoms with E-state index in [9.17, 15) is 37.1 Å². The molecule has 5 aliphatic rings. The van der Waals surface area contributed by atoms with Crippen LogP contribution in [0.2, 0.25) is 5.02 Å². The second-order valence-corrected chi connectivity index (χ2v) is 16.8. The minimum Gasteiger partial charge on any atom is -0.463 e. The van der Waals surface area contributed by atoms with Gasteiger partial charge in [-0.25, -0.2) is 9.59 Å². The number of para-hydroxylation sites is 1. The quantitative estimate of drug-likeness (QED) is 0.246. The number of carbonyl (C=O) groups excluding carboxylic acids is 5. The number of nitrogens with one attached hydrogen (secondary N) is 1. The fraction of sp³-hybridized carbons (Fsp3) is 0.595. The van der Waals surface area contributed by atoms with Gasteiger partial charge in [0.1, 0.15) is 6.61 Å². The molecule has 0 aliphatic carbocycles. The third-order valence-corrected chi connectivity index (χ3v) is 12.9. The van der Waals surface area contributed by atoms with Crippen molar-refractivity contribution in [1.82, 2.24) is 29.4 Å². The van der Waals surface area contributed by atoms with Gasteiger partial charge in [-0.2, -0.15) is 13.2 Å². The van der Waals surface area contributed by atoms with Gasteiger partial charge in [-0.1, -0.05) is 29.8 Å². The standard InChI is InChI=1S/C42H54ClF3N8O7/c43-33-25-28(24-32(38(33)47)42(44,45)46)26-35(61-41(59)53-15-10-31(11-16-53)54-17-7-29-4-1-2-5-34(29)48-40(54)58)39(57)52-13-8-30(9-14-52)50-20-18-49(19-21-50)27-37(56)60-23-22-51-12-3-6-36(51)55/h1-2,4-5,24-25,30-31,35H,3,6-23,26-27,47H2,(H,48,58)/t35-/m1/s1. The van der Waals surface area contributed by atoms with Crippen molar-refractivity contribution in [2.45, 2.75) is 75.7 Å². The summed E-state index contributed by atoms with van der Waals surface area (Å²) in [6.07, 6.45) is -3.06. The molecular weight excluding hydrogens is 821 g/mol. The maximum Gasteiger partial charge on any atom is 0.418 e. The van der Waals surface area contributed by atoms with Crippen LogP contribution < -0.4 is 11.1 Å². The summed E-state index contributed by atoms with van der Waals surface area (Å²) >= 11 is 6.15. The van der Waals surface area contributed by atoms with Gasteiger partial charge < -0.3 is 40.1 Å². The summed E-state index contributed by atoms with van der Waals surface area (Å²) in [5, 5.41) is 2.66. The molecule has 0 saturated carbocycles. The lowest BCUT2D eigenvalue weighted by atomic mass is 9.99. The van der Waals surface area contributed by atoms with Crippen LogP contribution >= 0.6 is 11.6 Å². The van der Waals surface area contributed by atoms with Gasteiger partial charge in [-0.05, 0) is 67.9 Å². The number of halogens is 4. The number of alkyl halides is 3. The molecule has 332 valence electrons. The van der Waals surface area contributed by atoms with Gasteiger partial charge in [0.25, 0.3) is 5.91 Å². The van der Waals surface area contributed by atoms with E-state index in [1.54, 1.807) is 14.7 Å². The zero-order chi connectivity index (χ0) is 43.3. The molecule has 61 heavy (non-hydrogen) atoms. The molecule has 0 radical (unpaired) electrons. The lowest BCUT2D eigenvalue weighted by Gasteiger charge is -2.43. The molecule has 3 N–H and O–H groups in total. The van der Waals surface area contributed by atoms with Gasteiger partial charge in [0.05, 0.1) is 29.4 Å². The van der Waals surface area contributed by atoms with Crippen LogP contribution in [0.15, 0.2) is 36.4 Å². The van der Waals surface area contributed by atoms with Crippen molar-refractivity contribution in [3.63, 3.8) is 0 Å². The normalized spacial score (nSPS) is 20.6. The van der Waals surface area contributed by atoms with Crippen LogP contribution in [-0.4, -0.2) is 163 Å². The zero-order valence-electron chi connectivity index (χ0n) is 34.2. The highest BCUT2D eigenvalue weighted by atomic mass is 35.5. The molecule has 4 saturated heterocycles. The fourth-order valence-electron chi connectivity index (χ4n) is 9.09. The van der Waals surface area contributed by atoms with E-state index in [-0.39, 0.29) is 73.2 Å². The lowest BCUT2D eigenvalue weighted by molar-refractivity contribution is -0.147. The minimum atomic E-state index is -4.80. The Labute approximate surface area is 358 Å². The summed E-state index contributed by atoms with van der Waals surface area (Å²) in [5.74, 6) is -0.744. The summed E-state index contributed by atoms with van der Waals surface area (Å²) in [6.45, 7) is 5.98. The van der Waals surface area contributed by atoms with Crippen molar-refractivity contribution in [2.75, 3.05) is 96.2 Å². The Balaban J connectivity index is 0.928. The average Bonchev–Trinajstić information content (AvgIpc) is 3.57. The van der Waals surface area contributed by atoms with Crippen molar-refractivity contribution in [3.8, 4) is 0 Å². The van der Waals surface area contributed by atoms with Gasteiger partial charge >= 0.3 is 24.3 Å². The maximum atomic E-state index is 14.2. The molecule has 2 aromatic carbocycles. The van der Waals surface area contributed by atoms with Gasteiger partial charge in [0.15, 0.2) is 6.10 Å². The van der Waals surface area contributed by atoms with Crippen molar-refractivity contribution >= 4 is 52.9 Å². The highest BCUT2D eigenvalue weighted by molar-refractivity contribution is 6.33. The van der Waals surface area contributed by atoms with E-state index in [4.69, 9.17) is 26.8 Å². The van der Waals surface area contributed by atoms with E-state index in [0.29, 0.717) is 84.3 Å². The number of piperidine rings is 2. The van der Waals surface area contributed by atoms with Crippen molar-refractivity contribution in [2.24, 2.45) is 0 Å². The number of nitrogens with zero attached hydrogens (tertiary/aromatic N) is 6. The van der Waals surface area contributed by atoms with Crippen molar-refractivity contribution in [1.29, 1.82) is 0 Å². The molecule has 1 atom stereocenters. The summed E-state index contributed by atoms with van der Waals surface area (Å²) < 4.78 is 53.1. The number of amides is 5. The number of hydrogen-bond acceptors (Lipinski definition) is 10. The number of nitrogens with two attached hydrogens (primary N) is 1. The topological polar surface area (TPSA) is 161 Å². The smallest absolute Gasteiger partial charge is 0.418 e. The number of carbonyl (C=O) groups is 5.